The molecule has 9 nitrogen and oxygen atoms in total. The topological polar surface area (TPSA) is 131 Å². The fraction of sp³-hybridized carbons (Fsp3) is 0.231. The summed E-state index contributed by atoms with van der Waals surface area (Å²) in [5.41, 5.74) is 4.35. The van der Waals surface area contributed by atoms with Gasteiger partial charge in [-0.05, 0) is 35.1 Å². The minimum atomic E-state index is -1.16. The van der Waals surface area contributed by atoms with E-state index in [9.17, 15) is 19.5 Å². The van der Waals surface area contributed by atoms with Crippen LogP contribution in [0.4, 0.5) is 4.79 Å². The van der Waals surface area contributed by atoms with Crippen LogP contribution in [0.2, 0.25) is 0 Å². The van der Waals surface area contributed by atoms with Crippen molar-refractivity contribution in [1.29, 1.82) is 0 Å². The lowest BCUT2D eigenvalue weighted by atomic mass is 9.98. The number of alkyl carbamates (subject to hydrolysis) is 1. The van der Waals surface area contributed by atoms with Gasteiger partial charge in [0.2, 0.25) is 0 Å². The SMILES string of the molecule is C=CCCC(NC(=O)c1ncoc1CNC(=O)OCC1c2ccccc2-c2ccccc21)C(=O)O. The average molecular weight is 476 g/mol. The Labute approximate surface area is 201 Å². The number of nitrogens with one attached hydrogen (secondary N) is 2. The smallest absolute Gasteiger partial charge is 0.407 e. The lowest BCUT2D eigenvalue weighted by molar-refractivity contribution is -0.139. The van der Waals surface area contributed by atoms with Crippen molar-refractivity contribution >= 4 is 18.0 Å². The molecule has 3 N–H and O–H groups in total. The maximum atomic E-state index is 12.5. The Kier molecular flexibility index (Phi) is 7.25. The number of amides is 2. The van der Waals surface area contributed by atoms with Crippen LogP contribution >= 0.6 is 0 Å². The summed E-state index contributed by atoms with van der Waals surface area (Å²) in [5, 5.41) is 14.3. The molecule has 35 heavy (non-hydrogen) atoms. The standard InChI is InChI=1S/C26H25N3O6/c1-2-3-12-21(25(31)32)29-24(30)23-22(35-15-28-23)13-27-26(33)34-14-20-18-10-6-4-8-16(18)17-9-5-7-11-19(17)20/h2,4-11,15,20-21H,1,3,12-14H2,(H,27,33)(H,29,30)(H,31,32). The molecule has 4 rings (SSSR count). The first-order chi connectivity index (χ1) is 17.0. The molecule has 9 heteroatoms. The second kappa shape index (κ2) is 10.7. The molecule has 0 bridgehead atoms. The van der Waals surface area contributed by atoms with Crippen LogP contribution in [0, 0.1) is 0 Å². The fourth-order valence-corrected chi connectivity index (χ4v) is 4.15. The van der Waals surface area contributed by atoms with Crippen molar-refractivity contribution in [2.75, 3.05) is 6.61 Å². The molecule has 2 aromatic carbocycles. The summed E-state index contributed by atoms with van der Waals surface area (Å²) in [6, 6.07) is 14.9. The Hall–Kier alpha value is -4.40. The molecule has 3 aromatic rings. The van der Waals surface area contributed by atoms with E-state index in [-0.39, 0.29) is 36.9 Å². The molecule has 0 radical (unpaired) electrons. The highest BCUT2D eigenvalue weighted by molar-refractivity contribution is 5.95. The number of fused-ring (bicyclic) bond motifs is 3. The quantitative estimate of drug-likeness (QED) is 0.380. The van der Waals surface area contributed by atoms with Gasteiger partial charge in [0.25, 0.3) is 5.91 Å². The summed E-state index contributed by atoms with van der Waals surface area (Å²) in [7, 11) is 0. The Morgan fingerprint density at radius 1 is 1.11 bits per heavy atom. The number of aromatic nitrogens is 1. The summed E-state index contributed by atoms with van der Waals surface area (Å²) >= 11 is 0. The van der Waals surface area contributed by atoms with Crippen molar-refractivity contribution in [3.05, 3.63) is 90.2 Å². The normalized spacial score (nSPS) is 12.8. The molecular formula is C26H25N3O6. The van der Waals surface area contributed by atoms with Crippen molar-refractivity contribution in [2.24, 2.45) is 0 Å². The van der Waals surface area contributed by atoms with E-state index in [4.69, 9.17) is 9.15 Å². The van der Waals surface area contributed by atoms with E-state index < -0.39 is 24.0 Å². The molecule has 1 heterocycles. The van der Waals surface area contributed by atoms with Gasteiger partial charge in [-0.3, -0.25) is 4.79 Å². The summed E-state index contributed by atoms with van der Waals surface area (Å²) in [5.74, 6) is -1.87. The van der Waals surface area contributed by atoms with E-state index in [1.165, 1.54) is 0 Å². The van der Waals surface area contributed by atoms with E-state index in [0.717, 1.165) is 28.6 Å². The van der Waals surface area contributed by atoms with Gasteiger partial charge < -0.3 is 24.9 Å². The Bertz CT molecular complexity index is 1210. The van der Waals surface area contributed by atoms with Gasteiger partial charge in [-0.1, -0.05) is 54.6 Å². The number of benzene rings is 2. The van der Waals surface area contributed by atoms with Crippen LogP contribution in [0.15, 0.2) is 72.0 Å². The Balaban J connectivity index is 1.34. The van der Waals surface area contributed by atoms with Gasteiger partial charge in [-0.25, -0.2) is 14.6 Å². The van der Waals surface area contributed by atoms with Crippen molar-refractivity contribution in [3.8, 4) is 11.1 Å². The lowest BCUT2D eigenvalue weighted by Crippen LogP contribution is -2.41. The van der Waals surface area contributed by atoms with Gasteiger partial charge in [0.05, 0.1) is 6.54 Å². The van der Waals surface area contributed by atoms with Crippen LogP contribution in [0.5, 0.6) is 0 Å². The molecule has 1 atom stereocenters. The number of hydrogen-bond donors (Lipinski definition) is 3. The Morgan fingerprint density at radius 2 is 1.77 bits per heavy atom. The molecule has 180 valence electrons. The van der Waals surface area contributed by atoms with Crippen LogP contribution in [-0.2, 0) is 16.1 Å². The van der Waals surface area contributed by atoms with Gasteiger partial charge in [0.15, 0.2) is 17.8 Å². The molecular weight excluding hydrogens is 450 g/mol. The number of carbonyl (C=O) groups is 3. The van der Waals surface area contributed by atoms with Crippen molar-refractivity contribution in [2.45, 2.75) is 31.3 Å². The van der Waals surface area contributed by atoms with E-state index in [0.29, 0.717) is 6.42 Å². The summed E-state index contributed by atoms with van der Waals surface area (Å²) in [6.45, 7) is 3.55. The van der Waals surface area contributed by atoms with Crippen LogP contribution in [0.25, 0.3) is 11.1 Å². The number of carboxylic acids is 1. The predicted octanol–water partition coefficient (Wildman–Crippen LogP) is 3.86. The van der Waals surface area contributed by atoms with E-state index >= 15 is 0 Å². The predicted molar refractivity (Wildman–Crippen MR) is 127 cm³/mol. The summed E-state index contributed by atoms with van der Waals surface area (Å²) in [6.07, 6.45) is 2.57. The van der Waals surface area contributed by atoms with Crippen molar-refractivity contribution < 1.29 is 28.6 Å². The molecule has 2 amide bonds. The van der Waals surface area contributed by atoms with Gasteiger partial charge in [-0.15, -0.1) is 6.58 Å². The number of carboxylic acid groups (broad SMARTS) is 1. The molecule has 0 aliphatic heterocycles. The van der Waals surface area contributed by atoms with E-state index in [1.807, 2.05) is 36.4 Å². The minimum absolute atomic E-state index is 0.0803. The minimum Gasteiger partial charge on any atom is -0.480 e. The maximum absolute atomic E-state index is 12.5. The first-order valence-corrected chi connectivity index (χ1v) is 11.1. The fourth-order valence-electron chi connectivity index (χ4n) is 4.15. The highest BCUT2D eigenvalue weighted by Gasteiger charge is 2.29. The zero-order valence-corrected chi connectivity index (χ0v) is 18.9. The van der Waals surface area contributed by atoms with Gasteiger partial charge in [0, 0.05) is 5.92 Å². The number of aliphatic carboxylic acids is 1. The second-order valence-corrected chi connectivity index (χ2v) is 8.03. The number of oxazole rings is 1. The molecule has 1 unspecified atom stereocenters. The largest absolute Gasteiger partial charge is 0.480 e. The molecule has 0 saturated carbocycles. The third-order valence-corrected chi connectivity index (χ3v) is 5.86. The third-order valence-electron chi connectivity index (χ3n) is 5.86. The first-order valence-electron chi connectivity index (χ1n) is 11.1. The maximum Gasteiger partial charge on any atom is 0.407 e. The van der Waals surface area contributed by atoms with Crippen LogP contribution in [0.3, 0.4) is 0 Å². The second-order valence-electron chi connectivity index (χ2n) is 8.03. The number of rotatable bonds is 10. The monoisotopic (exact) mass is 475 g/mol. The third kappa shape index (κ3) is 5.24. The number of nitrogens with zero attached hydrogens (tertiary/aromatic N) is 1. The molecule has 0 fully saturated rings. The van der Waals surface area contributed by atoms with Crippen molar-refractivity contribution in [3.63, 3.8) is 0 Å². The molecule has 1 aliphatic carbocycles. The number of hydrogen-bond acceptors (Lipinski definition) is 6. The average Bonchev–Trinajstić information content (AvgIpc) is 3.46. The first kappa shape index (κ1) is 23.7. The van der Waals surface area contributed by atoms with Crippen LogP contribution < -0.4 is 10.6 Å². The van der Waals surface area contributed by atoms with Crippen molar-refractivity contribution in [1.82, 2.24) is 15.6 Å². The van der Waals surface area contributed by atoms with Gasteiger partial charge >= 0.3 is 12.1 Å². The molecule has 0 spiro atoms. The Morgan fingerprint density at radius 3 is 2.40 bits per heavy atom. The summed E-state index contributed by atoms with van der Waals surface area (Å²) in [4.78, 5) is 40.2. The zero-order chi connectivity index (χ0) is 24.8. The molecule has 1 aliphatic rings. The van der Waals surface area contributed by atoms with Gasteiger partial charge in [0.1, 0.15) is 12.6 Å². The van der Waals surface area contributed by atoms with Gasteiger partial charge in [-0.2, -0.15) is 0 Å². The zero-order valence-electron chi connectivity index (χ0n) is 18.9. The molecule has 0 saturated heterocycles. The number of ether oxygens (including phenoxy) is 1. The highest BCUT2D eigenvalue weighted by atomic mass is 16.5. The number of allylic oxidation sites excluding steroid dienone is 1. The lowest BCUT2D eigenvalue weighted by Gasteiger charge is -2.15. The van der Waals surface area contributed by atoms with E-state index in [2.05, 4.69) is 34.3 Å². The van der Waals surface area contributed by atoms with Crippen LogP contribution in [0.1, 0.15) is 46.1 Å². The van der Waals surface area contributed by atoms with Crippen LogP contribution in [-0.4, -0.2) is 40.7 Å². The van der Waals surface area contributed by atoms with E-state index in [1.54, 1.807) is 6.08 Å². The number of carbonyl (C=O) groups excluding carboxylic acids is 2. The molecule has 1 aromatic heterocycles. The summed E-state index contributed by atoms with van der Waals surface area (Å²) < 4.78 is 10.7. The highest BCUT2D eigenvalue weighted by Crippen LogP contribution is 2.44.